The SMILES string of the molecule is CCCCCCC/C=C/C=C/C(=O)N[C@@H](C(=O)N[C@H]1C[C@@H](O)CCNC(=O)C=C[C@H](CO)NC1=O)[C@@H](C)O. The van der Waals surface area contributed by atoms with Crippen molar-refractivity contribution in [2.24, 2.45) is 0 Å². The maximum Gasteiger partial charge on any atom is 0.245 e. The molecular formula is C27H44N4O7. The number of allylic oxidation sites excluding steroid dienone is 3. The highest BCUT2D eigenvalue weighted by molar-refractivity contribution is 5.95. The van der Waals surface area contributed by atoms with E-state index in [2.05, 4.69) is 28.2 Å². The molecule has 0 aromatic heterocycles. The first-order chi connectivity index (χ1) is 18.2. The number of unbranched alkanes of at least 4 members (excludes halogenated alkanes) is 5. The monoisotopic (exact) mass is 536 g/mol. The molecule has 0 bridgehead atoms. The van der Waals surface area contributed by atoms with Gasteiger partial charge in [0.2, 0.25) is 23.6 Å². The fraction of sp³-hybridized carbons (Fsp3) is 0.630. The van der Waals surface area contributed by atoms with Crippen molar-refractivity contribution in [3.8, 4) is 0 Å². The van der Waals surface area contributed by atoms with Crippen LogP contribution in [0, 0.1) is 0 Å². The summed E-state index contributed by atoms with van der Waals surface area (Å²) in [4.78, 5) is 49.8. The molecule has 214 valence electrons. The molecule has 0 aliphatic carbocycles. The maximum absolute atomic E-state index is 12.9. The molecule has 7 N–H and O–H groups in total. The lowest BCUT2D eigenvalue weighted by atomic mass is 10.0. The fourth-order valence-corrected chi connectivity index (χ4v) is 3.74. The standard InChI is InChI=1S/C27H44N4O7/c1-3-4-5-6-7-8-9-10-11-12-24(36)31-25(19(2)33)27(38)30-22-17-21(34)15-16-28-23(35)14-13-20(18-32)29-26(22)37/h9-14,19-22,25,32-34H,3-8,15-18H2,1-2H3,(H,28,35)(H,29,37)(H,30,38)(H,31,36)/b10-9+,12-11+,14-13?/t19-,20-,21+,22+,25-/m1/s1. The van der Waals surface area contributed by atoms with Crippen molar-refractivity contribution in [1.29, 1.82) is 0 Å². The minimum atomic E-state index is -1.35. The molecule has 11 nitrogen and oxygen atoms in total. The molecule has 0 saturated carbocycles. The molecular weight excluding hydrogens is 492 g/mol. The van der Waals surface area contributed by atoms with E-state index < -0.39 is 60.6 Å². The summed E-state index contributed by atoms with van der Waals surface area (Å²) in [7, 11) is 0. The molecule has 4 amide bonds. The van der Waals surface area contributed by atoms with Crippen LogP contribution in [-0.2, 0) is 19.2 Å². The summed E-state index contributed by atoms with van der Waals surface area (Å²) in [5, 5.41) is 39.9. The number of hydrogen-bond donors (Lipinski definition) is 7. The van der Waals surface area contributed by atoms with Gasteiger partial charge in [0.25, 0.3) is 0 Å². The zero-order valence-electron chi connectivity index (χ0n) is 22.4. The summed E-state index contributed by atoms with van der Waals surface area (Å²) in [5.41, 5.74) is 0. The van der Waals surface area contributed by atoms with Gasteiger partial charge in [0, 0.05) is 25.1 Å². The van der Waals surface area contributed by atoms with Gasteiger partial charge in [0.1, 0.15) is 12.1 Å². The Morgan fingerprint density at radius 1 is 1.18 bits per heavy atom. The van der Waals surface area contributed by atoms with Gasteiger partial charge in [-0.25, -0.2) is 0 Å². The van der Waals surface area contributed by atoms with E-state index in [-0.39, 0.29) is 19.4 Å². The largest absolute Gasteiger partial charge is 0.394 e. The second-order valence-corrected chi connectivity index (χ2v) is 9.40. The first kappa shape index (κ1) is 33.0. The van der Waals surface area contributed by atoms with Crippen LogP contribution in [0.4, 0.5) is 0 Å². The lowest BCUT2D eigenvalue weighted by Crippen LogP contribution is -2.58. The highest BCUT2D eigenvalue weighted by Gasteiger charge is 2.31. The Balaban J connectivity index is 2.77. The van der Waals surface area contributed by atoms with Gasteiger partial charge in [-0.15, -0.1) is 0 Å². The predicted molar refractivity (Wildman–Crippen MR) is 144 cm³/mol. The third-order valence-corrected chi connectivity index (χ3v) is 5.95. The van der Waals surface area contributed by atoms with Gasteiger partial charge in [-0.2, -0.15) is 0 Å². The Morgan fingerprint density at radius 3 is 2.61 bits per heavy atom. The first-order valence-corrected chi connectivity index (χ1v) is 13.3. The molecule has 0 aromatic rings. The van der Waals surface area contributed by atoms with E-state index in [1.807, 2.05) is 6.08 Å². The molecule has 0 saturated heterocycles. The lowest BCUT2D eigenvalue weighted by Gasteiger charge is -2.27. The fourth-order valence-electron chi connectivity index (χ4n) is 3.74. The molecule has 1 aliphatic rings. The maximum atomic E-state index is 12.9. The average molecular weight is 537 g/mol. The normalized spacial score (nSPS) is 22.7. The van der Waals surface area contributed by atoms with Gasteiger partial charge in [0.15, 0.2) is 0 Å². The number of rotatable bonds is 13. The number of hydrogen-bond acceptors (Lipinski definition) is 7. The van der Waals surface area contributed by atoms with Crippen LogP contribution in [0.2, 0.25) is 0 Å². The zero-order valence-corrected chi connectivity index (χ0v) is 22.4. The molecule has 1 rings (SSSR count). The Morgan fingerprint density at radius 2 is 1.92 bits per heavy atom. The molecule has 0 aromatic carbocycles. The van der Waals surface area contributed by atoms with Crippen molar-refractivity contribution < 1.29 is 34.5 Å². The smallest absolute Gasteiger partial charge is 0.245 e. The average Bonchev–Trinajstić information content (AvgIpc) is 2.87. The van der Waals surface area contributed by atoms with Gasteiger partial charge in [0.05, 0.1) is 24.9 Å². The highest BCUT2D eigenvalue weighted by Crippen LogP contribution is 2.07. The summed E-state index contributed by atoms with van der Waals surface area (Å²) in [6.07, 6.45) is 13.4. The topological polar surface area (TPSA) is 177 Å². The van der Waals surface area contributed by atoms with Crippen LogP contribution < -0.4 is 21.3 Å². The molecule has 1 heterocycles. The van der Waals surface area contributed by atoms with E-state index >= 15 is 0 Å². The Hall–Kier alpha value is -3.02. The number of carbonyl (C=O) groups is 4. The van der Waals surface area contributed by atoms with Crippen LogP contribution in [0.3, 0.4) is 0 Å². The van der Waals surface area contributed by atoms with E-state index in [9.17, 15) is 34.5 Å². The predicted octanol–water partition coefficient (Wildman–Crippen LogP) is 0.114. The van der Waals surface area contributed by atoms with Crippen molar-refractivity contribution >= 4 is 23.6 Å². The van der Waals surface area contributed by atoms with Crippen LogP contribution in [0.25, 0.3) is 0 Å². The van der Waals surface area contributed by atoms with E-state index in [1.54, 1.807) is 12.2 Å². The zero-order chi connectivity index (χ0) is 28.3. The Kier molecular flexibility index (Phi) is 16.6. The summed E-state index contributed by atoms with van der Waals surface area (Å²) in [5.74, 6) is -2.54. The van der Waals surface area contributed by atoms with Crippen LogP contribution in [-0.4, -0.2) is 82.4 Å². The quantitative estimate of drug-likeness (QED) is 0.0992. The number of aliphatic hydroxyl groups excluding tert-OH is 3. The van der Waals surface area contributed by atoms with Gasteiger partial charge in [-0.05, 0) is 26.2 Å². The molecule has 0 fully saturated rings. The van der Waals surface area contributed by atoms with E-state index in [0.29, 0.717) is 0 Å². The molecule has 11 heteroatoms. The second kappa shape index (κ2) is 19.1. The van der Waals surface area contributed by atoms with Crippen molar-refractivity contribution in [1.82, 2.24) is 21.3 Å². The van der Waals surface area contributed by atoms with E-state index in [1.165, 1.54) is 38.3 Å². The molecule has 0 radical (unpaired) electrons. The summed E-state index contributed by atoms with van der Waals surface area (Å²) in [6.45, 7) is 3.14. The minimum absolute atomic E-state index is 0.135. The van der Waals surface area contributed by atoms with Gasteiger partial charge < -0.3 is 36.6 Å². The Bertz CT molecular complexity index is 841. The summed E-state index contributed by atoms with van der Waals surface area (Å²) < 4.78 is 0. The Labute approximate surface area is 224 Å². The molecule has 5 atom stereocenters. The molecule has 38 heavy (non-hydrogen) atoms. The summed E-state index contributed by atoms with van der Waals surface area (Å²) in [6, 6.07) is -3.47. The molecule has 1 aliphatic heterocycles. The van der Waals surface area contributed by atoms with Crippen LogP contribution >= 0.6 is 0 Å². The van der Waals surface area contributed by atoms with Gasteiger partial charge in [-0.1, -0.05) is 56.9 Å². The van der Waals surface area contributed by atoms with Crippen molar-refractivity contribution in [3.05, 3.63) is 36.5 Å². The number of nitrogens with one attached hydrogen (secondary N) is 4. The van der Waals surface area contributed by atoms with Gasteiger partial charge in [-0.3, -0.25) is 19.2 Å². The van der Waals surface area contributed by atoms with Crippen LogP contribution in [0.5, 0.6) is 0 Å². The van der Waals surface area contributed by atoms with Crippen LogP contribution in [0.1, 0.15) is 65.2 Å². The van der Waals surface area contributed by atoms with Crippen molar-refractivity contribution in [2.45, 2.75) is 95.5 Å². The van der Waals surface area contributed by atoms with E-state index in [4.69, 9.17) is 0 Å². The molecule has 0 unspecified atom stereocenters. The molecule has 0 spiro atoms. The second-order valence-electron chi connectivity index (χ2n) is 9.40. The summed E-state index contributed by atoms with van der Waals surface area (Å²) >= 11 is 0. The lowest BCUT2D eigenvalue weighted by molar-refractivity contribution is -0.134. The highest BCUT2D eigenvalue weighted by atomic mass is 16.3. The number of aliphatic hydroxyl groups is 3. The third kappa shape index (κ3) is 14.1. The third-order valence-electron chi connectivity index (χ3n) is 5.95. The van der Waals surface area contributed by atoms with E-state index in [0.717, 1.165) is 25.3 Å². The number of carbonyl (C=O) groups excluding carboxylic acids is 4. The first-order valence-electron chi connectivity index (χ1n) is 13.3. The van der Waals surface area contributed by atoms with Gasteiger partial charge >= 0.3 is 0 Å². The van der Waals surface area contributed by atoms with Crippen LogP contribution in [0.15, 0.2) is 36.5 Å². The van der Waals surface area contributed by atoms with Crippen molar-refractivity contribution in [3.63, 3.8) is 0 Å². The minimum Gasteiger partial charge on any atom is -0.394 e. The van der Waals surface area contributed by atoms with Crippen molar-refractivity contribution in [2.75, 3.05) is 13.2 Å². The number of amides is 4.